The van der Waals surface area contributed by atoms with E-state index in [0.717, 1.165) is 42.0 Å². The second-order valence-electron chi connectivity index (χ2n) is 5.50. The van der Waals surface area contributed by atoms with Crippen LogP contribution < -0.4 is 10.6 Å². The van der Waals surface area contributed by atoms with Crippen LogP contribution in [-0.2, 0) is 4.79 Å². The molecule has 0 bridgehead atoms. The van der Waals surface area contributed by atoms with Crippen molar-refractivity contribution < 1.29 is 9.21 Å². The molecule has 1 fully saturated rings. The third-order valence-corrected chi connectivity index (χ3v) is 3.79. The van der Waals surface area contributed by atoms with Gasteiger partial charge in [0.2, 0.25) is 11.8 Å². The summed E-state index contributed by atoms with van der Waals surface area (Å²) in [5.74, 6) is 0.700. The van der Waals surface area contributed by atoms with Gasteiger partial charge in [-0.1, -0.05) is 6.07 Å². The Balaban J connectivity index is 0.00000176. The quantitative estimate of drug-likeness (QED) is 0.912. The van der Waals surface area contributed by atoms with Gasteiger partial charge in [0.25, 0.3) is 0 Å². The number of carbonyl (C=O) groups is 1. The van der Waals surface area contributed by atoms with Crippen molar-refractivity contribution in [2.45, 2.75) is 20.3 Å². The predicted octanol–water partition coefficient (Wildman–Crippen LogP) is 2.93. The fraction of sp³-hybridized carbons (Fsp3) is 0.375. The molecule has 1 atom stereocenters. The van der Waals surface area contributed by atoms with Crippen LogP contribution >= 0.6 is 12.4 Å². The van der Waals surface area contributed by atoms with Crippen molar-refractivity contribution in [3.8, 4) is 11.5 Å². The molecule has 1 aliphatic heterocycles. The summed E-state index contributed by atoms with van der Waals surface area (Å²) in [4.78, 5) is 16.5. The van der Waals surface area contributed by atoms with Gasteiger partial charge in [-0.2, -0.15) is 0 Å². The first-order valence-corrected chi connectivity index (χ1v) is 7.18. The molecule has 1 aromatic carbocycles. The summed E-state index contributed by atoms with van der Waals surface area (Å²) in [5.41, 5.74) is 3.56. The normalized spacial score (nSPS) is 17.1. The van der Waals surface area contributed by atoms with E-state index in [1.54, 1.807) is 6.26 Å². The van der Waals surface area contributed by atoms with Gasteiger partial charge in [0.05, 0.1) is 11.6 Å². The minimum atomic E-state index is 0. The molecule has 0 radical (unpaired) electrons. The molecule has 0 saturated carbocycles. The number of aryl methyl sites for hydroxylation is 2. The zero-order valence-corrected chi connectivity index (χ0v) is 13.5. The Morgan fingerprint density at radius 1 is 1.41 bits per heavy atom. The molecular weight excluding hydrogens is 302 g/mol. The number of nitrogens with zero attached hydrogens (tertiary/aromatic N) is 1. The number of hydrogen-bond acceptors (Lipinski definition) is 4. The number of aromatic nitrogens is 1. The molecule has 5 nitrogen and oxygen atoms in total. The number of oxazole rings is 1. The van der Waals surface area contributed by atoms with Gasteiger partial charge >= 0.3 is 0 Å². The molecule has 1 aliphatic rings. The first-order valence-electron chi connectivity index (χ1n) is 7.18. The minimum absolute atomic E-state index is 0. The topological polar surface area (TPSA) is 67.2 Å². The lowest BCUT2D eigenvalue weighted by Gasteiger charge is -2.12. The molecule has 6 heteroatoms. The van der Waals surface area contributed by atoms with Gasteiger partial charge in [0, 0.05) is 17.8 Å². The van der Waals surface area contributed by atoms with Gasteiger partial charge in [0.1, 0.15) is 6.26 Å². The predicted molar refractivity (Wildman–Crippen MR) is 88.3 cm³/mol. The van der Waals surface area contributed by atoms with Crippen LogP contribution in [0.1, 0.15) is 17.7 Å². The molecular formula is C16H20ClN3O2. The SMILES string of the molecule is Cc1coc(-c2ccc(C)c(NC(=O)C3CCNC3)c2)n1.Cl. The van der Waals surface area contributed by atoms with E-state index >= 15 is 0 Å². The first-order chi connectivity index (χ1) is 10.1. The van der Waals surface area contributed by atoms with E-state index in [4.69, 9.17) is 4.42 Å². The number of hydrogen-bond donors (Lipinski definition) is 2. The second kappa shape index (κ2) is 6.94. The number of benzene rings is 1. The molecule has 2 heterocycles. The molecule has 0 aliphatic carbocycles. The summed E-state index contributed by atoms with van der Waals surface area (Å²) in [6.45, 7) is 5.53. The highest BCUT2D eigenvalue weighted by atomic mass is 35.5. The third-order valence-electron chi connectivity index (χ3n) is 3.79. The van der Waals surface area contributed by atoms with Crippen LogP contribution in [0, 0.1) is 19.8 Å². The number of rotatable bonds is 3. The average molecular weight is 322 g/mol. The Kier molecular flexibility index (Phi) is 5.21. The van der Waals surface area contributed by atoms with E-state index in [1.165, 1.54) is 0 Å². The van der Waals surface area contributed by atoms with Gasteiger partial charge in [0.15, 0.2) is 0 Å². The van der Waals surface area contributed by atoms with Crippen LogP contribution in [0.5, 0.6) is 0 Å². The first kappa shape index (κ1) is 16.5. The van der Waals surface area contributed by atoms with Crippen molar-refractivity contribution >= 4 is 24.0 Å². The monoisotopic (exact) mass is 321 g/mol. The van der Waals surface area contributed by atoms with Gasteiger partial charge < -0.3 is 15.1 Å². The number of halogens is 1. The molecule has 3 rings (SSSR count). The van der Waals surface area contributed by atoms with Crippen LogP contribution in [0.2, 0.25) is 0 Å². The van der Waals surface area contributed by atoms with E-state index in [2.05, 4.69) is 15.6 Å². The summed E-state index contributed by atoms with van der Waals surface area (Å²) < 4.78 is 5.42. The van der Waals surface area contributed by atoms with Crippen molar-refractivity contribution in [1.29, 1.82) is 0 Å². The average Bonchev–Trinajstić information content (AvgIpc) is 3.12. The maximum absolute atomic E-state index is 12.2. The van der Waals surface area contributed by atoms with Gasteiger partial charge in [-0.15, -0.1) is 12.4 Å². The second-order valence-corrected chi connectivity index (χ2v) is 5.50. The van der Waals surface area contributed by atoms with Gasteiger partial charge in [-0.25, -0.2) is 4.98 Å². The fourth-order valence-corrected chi connectivity index (χ4v) is 2.49. The Hall–Kier alpha value is -1.85. The highest BCUT2D eigenvalue weighted by molar-refractivity contribution is 5.94. The van der Waals surface area contributed by atoms with Crippen molar-refractivity contribution in [3.63, 3.8) is 0 Å². The van der Waals surface area contributed by atoms with E-state index in [0.29, 0.717) is 5.89 Å². The largest absolute Gasteiger partial charge is 0.444 e. The van der Waals surface area contributed by atoms with Crippen LogP contribution in [0.25, 0.3) is 11.5 Å². The van der Waals surface area contributed by atoms with E-state index in [-0.39, 0.29) is 24.2 Å². The lowest BCUT2D eigenvalue weighted by molar-refractivity contribution is -0.119. The third kappa shape index (κ3) is 3.48. The van der Waals surface area contributed by atoms with Crippen molar-refractivity contribution in [2.75, 3.05) is 18.4 Å². The highest BCUT2D eigenvalue weighted by Gasteiger charge is 2.22. The van der Waals surface area contributed by atoms with Crippen LogP contribution in [0.15, 0.2) is 28.9 Å². The highest BCUT2D eigenvalue weighted by Crippen LogP contribution is 2.25. The van der Waals surface area contributed by atoms with Gasteiger partial charge in [-0.3, -0.25) is 4.79 Å². The maximum atomic E-state index is 12.2. The van der Waals surface area contributed by atoms with Crippen LogP contribution in [0.3, 0.4) is 0 Å². The molecule has 0 spiro atoms. The Labute approximate surface area is 135 Å². The standard InChI is InChI=1S/C16H19N3O2.ClH/c1-10-3-4-12(16-18-11(2)9-21-16)7-14(10)19-15(20)13-5-6-17-8-13;/h3-4,7,9,13,17H,5-6,8H2,1-2H3,(H,19,20);1H. The molecule has 2 N–H and O–H groups in total. The lowest BCUT2D eigenvalue weighted by Crippen LogP contribution is -2.24. The molecule has 2 aromatic rings. The van der Waals surface area contributed by atoms with Crippen molar-refractivity contribution in [3.05, 3.63) is 35.7 Å². The lowest BCUT2D eigenvalue weighted by atomic mass is 10.1. The summed E-state index contributed by atoms with van der Waals surface area (Å²) in [6.07, 6.45) is 2.52. The maximum Gasteiger partial charge on any atom is 0.228 e. The molecule has 1 aromatic heterocycles. The molecule has 1 amide bonds. The van der Waals surface area contributed by atoms with Crippen molar-refractivity contribution in [2.24, 2.45) is 5.92 Å². The summed E-state index contributed by atoms with van der Waals surface area (Å²) in [6, 6.07) is 5.84. The molecule has 22 heavy (non-hydrogen) atoms. The zero-order chi connectivity index (χ0) is 14.8. The summed E-state index contributed by atoms with van der Waals surface area (Å²) >= 11 is 0. The Morgan fingerprint density at radius 3 is 2.86 bits per heavy atom. The smallest absolute Gasteiger partial charge is 0.228 e. The summed E-state index contributed by atoms with van der Waals surface area (Å²) in [7, 11) is 0. The minimum Gasteiger partial charge on any atom is -0.444 e. The van der Waals surface area contributed by atoms with Gasteiger partial charge in [-0.05, 0) is 44.5 Å². The van der Waals surface area contributed by atoms with Crippen LogP contribution in [-0.4, -0.2) is 24.0 Å². The van der Waals surface area contributed by atoms with E-state index in [1.807, 2.05) is 32.0 Å². The number of carbonyl (C=O) groups excluding carboxylic acids is 1. The Morgan fingerprint density at radius 2 is 2.23 bits per heavy atom. The number of anilines is 1. The van der Waals surface area contributed by atoms with Crippen LogP contribution in [0.4, 0.5) is 5.69 Å². The molecule has 118 valence electrons. The molecule has 1 unspecified atom stereocenters. The summed E-state index contributed by atoms with van der Waals surface area (Å²) in [5, 5.41) is 6.23. The Bertz CT molecular complexity index is 663. The number of amides is 1. The zero-order valence-electron chi connectivity index (χ0n) is 12.7. The van der Waals surface area contributed by atoms with Crippen molar-refractivity contribution in [1.82, 2.24) is 10.3 Å². The molecule has 1 saturated heterocycles. The fourth-order valence-electron chi connectivity index (χ4n) is 2.49. The number of nitrogens with one attached hydrogen (secondary N) is 2. The van der Waals surface area contributed by atoms with E-state index < -0.39 is 0 Å². The van der Waals surface area contributed by atoms with E-state index in [9.17, 15) is 4.79 Å².